The van der Waals surface area contributed by atoms with Gasteiger partial charge in [-0.2, -0.15) is 4.98 Å². The largest absolute Gasteiger partial charge is 0.484 e. The Morgan fingerprint density at radius 3 is 2.63 bits per heavy atom. The number of rotatable bonds is 5. The molecule has 0 amide bonds. The van der Waals surface area contributed by atoms with Crippen molar-refractivity contribution in [1.82, 2.24) is 15.0 Å². The van der Waals surface area contributed by atoms with Crippen molar-refractivity contribution < 1.29 is 9.26 Å². The first-order chi connectivity index (χ1) is 9.40. The number of nitrogens with zero attached hydrogens (tertiary/aromatic N) is 3. The SMILES string of the molecule is c1noc(COc2ccc(CN3CCCC3)cc2)n1. The summed E-state index contributed by atoms with van der Waals surface area (Å²) in [6, 6.07) is 8.20. The Hall–Kier alpha value is -1.88. The molecule has 0 bridgehead atoms. The Bertz CT molecular complexity index is 490. The van der Waals surface area contributed by atoms with Gasteiger partial charge in [0.25, 0.3) is 5.89 Å². The maximum absolute atomic E-state index is 5.57. The van der Waals surface area contributed by atoms with Gasteiger partial charge in [0, 0.05) is 6.54 Å². The Labute approximate surface area is 112 Å². The molecule has 1 fully saturated rings. The summed E-state index contributed by atoms with van der Waals surface area (Å²) in [6.07, 6.45) is 4.02. The molecule has 0 aliphatic carbocycles. The molecule has 0 N–H and O–H groups in total. The summed E-state index contributed by atoms with van der Waals surface area (Å²) < 4.78 is 10.4. The van der Waals surface area contributed by atoms with E-state index in [-0.39, 0.29) is 0 Å². The fourth-order valence-corrected chi connectivity index (χ4v) is 2.29. The summed E-state index contributed by atoms with van der Waals surface area (Å²) >= 11 is 0. The first-order valence-electron chi connectivity index (χ1n) is 6.60. The van der Waals surface area contributed by atoms with Gasteiger partial charge >= 0.3 is 0 Å². The van der Waals surface area contributed by atoms with Crippen LogP contribution in [0.5, 0.6) is 5.75 Å². The first-order valence-corrected chi connectivity index (χ1v) is 6.60. The van der Waals surface area contributed by atoms with Gasteiger partial charge in [-0.15, -0.1) is 0 Å². The molecule has 0 spiro atoms. The monoisotopic (exact) mass is 259 g/mol. The third kappa shape index (κ3) is 3.32. The third-order valence-corrected chi connectivity index (χ3v) is 3.30. The number of benzene rings is 1. The van der Waals surface area contributed by atoms with Crippen LogP contribution >= 0.6 is 0 Å². The van der Waals surface area contributed by atoms with Crippen molar-refractivity contribution in [2.75, 3.05) is 13.1 Å². The topological polar surface area (TPSA) is 51.4 Å². The van der Waals surface area contributed by atoms with Crippen LogP contribution in [0.25, 0.3) is 0 Å². The molecule has 1 aliphatic heterocycles. The van der Waals surface area contributed by atoms with E-state index < -0.39 is 0 Å². The van der Waals surface area contributed by atoms with Gasteiger partial charge in [0.2, 0.25) is 0 Å². The van der Waals surface area contributed by atoms with E-state index in [1.54, 1.807) is 0 Å². The zero-order valence-electron chi connectivity index (χ0n) is 10.8. The summed E-state index contributed by atoms with van der Waals surface area (Å²) in [7, 11) is 0. The highest BCUT2D eigenvalue weighted by atomic mass is 16.5. The minimum atomic E-state index is 0.311. The van der Waals surface area contributed by atoms with Gasteiger partial charge in [0.05, 0.1) is 0 Å². The standard InChI is InChI=1S/C14H17N3O2/c1-2-8-17(7-1)9-12-3-5-13(6-4-12)18-10-14-15-11-16-19-14/h3-6,11H,1-2,7-10H2. The van der Waals surface area contributed by atoms with Gasteiger partial charge in [-0.3, -0.25) is 4.90 Å². The van der Waals surface area contributed by atoms with Crippen LogP contribution in [-0.2, 0) is 13.2 Å². The van der Waals surface area contributed by atoms with E-state index >= 15 is 0 Å². The van der Waals surface area contributed by atoms with Gasteiger partial charge in [-0.05, 0) is 43.6 Å². The highest BCUT2D eigenvalue weighted by molar-refractivity contribution is 5.27. The van der Waals surface area contributed by atoms with Gasteiger partial charge < -0.3 is 9.26 Å². The molecule has 1 aliphatic rings. The number of hydrogen-bond acceptors (Lipinski definition) is 5. The second-order valence-corrected chi connectivity index (χ2v) is 4.75. The molecule has 3 rings (SSSR count). The molecule has 2 heterocycles. The lowest BCUT2D eigenvalue weighted by atomic mass is 10.2. The second-order valence-electron chi connectivity index (χ2n) is 4.75. The quantitative estimate of drug-likeness (QED) is 0.824. The molecule has 0 radical (unpaired) electrons. The lowest BCUT2D eigenvalue weighted by molar-refractivity contribution is 0.242. The predicted molar refractivity (Wildman–Crippen MR) is 69.6 cm³/mol. The minimum Gasteiger partial charge on any atom is -0.484 e. The van der Waals surface area contributed by atoms with Crippen molar-refractivity contribution in [1.29, 1.82) is 0 Å². The van der Waals surface area contributed by atoms with Gasteiger partial charge in [-0.1, -0.05) is 17.3 Å². The summed E-state index contributed by atoms with van der Waals surface area (Å²) in [5.74, 6) is 1.31. The number of likely N-dealkylation sites (tertiary alicyclic amines) is 1. The summed E-state index contributed by atoms with van der Waals surface area (Å²) in [5.41, 5.74) is 1.33. The molecule has 0 atom stereocenters. The van der Waals surface area contributed by atoms with E-state index in [0.29, 0.717) is 12.5 Å². The van der Waals surface area contributed by atoms with Crippen LogP contribution in [0.3, 0.4) is 0 Å². The van der Waals surface area contributed by atoms with E-state index in [4.69, 9.17) is 9.26 Å². The smallest absolute Gasteiger partial charge is 0.264 e. The highest BCUT2D eigenvalue weighted by Gasteiger charge is 2.11. The Morgan fingerprint density at radius 1 is 1.16 bits per heavy atom. The minimum absolute atomic E-state index is 0.311. The van der Waals surface area contributed by atoms with Gasteiger partial charge in [-0.25, -0.2) is 0 Å². The molecule has 5 nitrogen and oxygen atoms in total. The van der Waals surface area contributed by atoms with Crippen LogP contribution in [0.1, 0.15) is 24.3 Å². The van der Waals surface area contributed by atoms with Crippen molar-refractivity contribution in [3.8, 4) is 5.75 Å². The lowest BCUT2D eigenvalue weighted by Gasteiger charge is -2.14. The summed E-state index contributed by atoms with van der Waals surface area (Å²) in [4.78, 5) is 6.39. The van der Waals surface area contributed by atoms with Crippen LogP contribution < -0.4 is 4.74 Å². The van der Waals surface area contributed by atoms with Crippen LogP contribution in [0, 0.1) is 0 Å². The van der Waals surface area contributed by atoms with Crippen LogP contribution in [0.2, 0.25) is 0 Å². The summed E-state index contributed by atoms with van der Waals surface area (Å²) in [6.45, 7) is 3.78. The van der Waals surface area contributed by atoms with E-state index in [0.717, 1.165) is 12.3 Å². The molecular formula is C14H17N3O2. The molecule has 1 aromatic heterocycles. The highest BCUT2D eigenvalue weighted by Crippen LogP contribution is 2.17. The van der Waals surface area contributed by atoms with Crippen molar-refractivity contribution in [2.45, 2.75) is 26.0 Å². The van der Waals surface area contributed by atoms with E-state index in [9.17, 15) is 0 Å². The average Bonchev–Trinajstić information content (AvgIpc) is 3.11. The molecular weight excluding hydrogens is 242 g/mol. The van der Waals surface area contributed by atoms with Gasteiger partial charge in [0.1, 0.15) is 5.75 Å². The number of hydrogen-bond donors (Lipinski definition) is 0. The molecule has 0 unspecified atom stereocenters. The fourth-order valence-electron chi connectivity index (χ4n) is 2.29. The zero-order chi connectivity index (χ0) is 12.9. The fraction of sp³-hybridized carbons (Fsp3) is 0.429. The van der Waals surface area contributed by atoms with Crippen LogP contribution in [-0.4, -0.2) is 28.1 Å². The third-order valence-electron chi connectivity index (χ3n) is 3.30. The van der Waals surface area contributed by atoms with Gasteiger partial charge in [0.15, 0.2) is 12.9 Å². The lowest BCUT2D eigenvalue weighted by Crippen LogP contribution is -2.18. The predicted octanol–water partition coefficient (Wildman–Crippen LogP) is 2.24. The summed E-state index contributed by atoms with van der Waals surface area (Å²) in [5, 5.41) is 3.53. The van der Waals surface area contributed by atoms with Crippen LogP contribution in [0.15, 0.2) is 35.1 Å². The van der Waals surface area contributed by atoms with Crippen molar-refractivity contribution >= 4 is 0 Å². The first kappa shape index (κ1) is 12.2. The Balaban J connectivity index is 1.53. The van der Waals surface area contributed by atoms with Crippen molar-refractivity contribution in [2.24, 2.45) is 0 Å². The van der Waals surface area contributed by atoms with E-state index in [1.165, 1.54) is 37.8 Å². The normalized spacial score (nSPS) is 15.8. The van der Waals surface area contributed by atoms with E-state index in [1.807, 2.05) is 12.1 Å². The Kier molecular flexibility index (Phi) is 3.74. The number of aromatic nitrogens is 2. The van der Waals surface area contributed by atoms with Crippen LogP contribution in [0.4, 0.5) is 0 Å². The molecule has 5 heteroatoms. The molecule has 19 heavy (non-hydrogen) atoms. The molecule has 1 saturated heterocycles. The maximum Gasteiger partial charge on any atom is 0.264 e. The van der Waals surface area contributed by atoms with E-state index in [2.05, 4.69) is 27.2 Å². The average molecular weight is 259 g/mol. The molecule has 0 saturated carbocycles. The Morgan fingerprint density at radius 2 is 1.95 bits per heavy atom. The molecule has 100 valence electrons. The maximum atomic E-state index is 5.57. The molecule has 2 aromatic rings. The second kappa shape index (κ2) is 5.84. The number of ether oxygens (including phenoxy) is 1. The molecule has 1 aromatic carbocycles. The van der Waals surface area contributed by atoms with Crippen molar-refractivity contribution in [3.05, 3.63) is 42.0 Å². The zero-order valence-corrected chi connectivity index (χ0v) is 10.8. The van der Waals surface area contributed by atoms with Crippen molar-refractivity contribution in [3.63, 3.8) is 0 Å².